The lowest BCUT2D eigenvalue weighted by atomic mass is 10.2. The van der Waals surface area contributed by atoms with Crippen LogP contribution in [0.1, 0.15) is 17.0 Å². The molecule has 2 heterocycles. The van der Waals surface area contributed by atoms with E-state index in [0.717, 1.165) is 48.0 Å². The average molecular weight is 458 g/mol. The zero-order valence-electron chi connectivity index (χ0n) is 18.6. The van der Waals surface area contributed by atoms with Gasteiger partial charge in [-0.3, -0.25) is 9.69 Å². The monoisotopic (exact) mass is 457 g/mol. The van der Waals surface area contributed by atoms with Crippen LogP contribution in [0.2, 0.25) is 0 Å². The van der Waals surface area contributed by atoms with Crippen molar-refractivity contribution < 1.29 is 18.0 Å². The molecule has 4 rings (SSSR count). The molecular weight excluding hydrogens is 431 g/mol. The van der Waals surface area contributed by atoms with Crippen LogP contribution in [0.15, 0.2) is 54.6 Å². The molecule has 1 aliphatic rings. The highest BCUT2D eigenvalue weighted by Gasteiger charge is 2.30. The van der Waals surface area contributed by atoms with Gasteiger partial charge in [0.05, 0.1) is 34.9 Å². The van der Waals surface area contributed by atoms with Gasteiger partial charge in [0.15, 0.2) is 0 Å². The van der Waals surface area contributed by atoms with E-state index in [1.807, 2.05) is 46.8 Å². The van der Waals surface area contributed by atoms with E-state index in [1.54, 1.807) is 0 Å². The number of hydrogen-bond donors (Lipinski definition) is 1. The normalized spacial score (nSPS) is 15.0. The van der Waals surface area contributed by atoms with Crippen LogP contribution < -0.4 is 10.2 Å². The maximum atomic E-state index is 12.9. The Labute approximate surface area is 190 Å². The molecule has 1 aliphatic heterocycles. The number of nitrogens with one attached hydrogen (secondary N) is 1. The number of para-hydroxylation sites is 1. The van der Waals surface area contributed by atoms with Crippen molar-refractivity contribution in [2.45, 2.75) is 20.0 Å². The summed E-state index contributed by atoms with van der Waals surface area (Å²) in [4.78, 5) is 16.7. The van der Waals surface area contributed by atoms with Crippen molar-refractivity contribution in [1.82, 2.24) is 14.7 Å². The van der Waals surface area contributed by atoms with E-state index in [4.69, 9.17) is 5.10 Å². The van der Waals surface area contributed by atoms with Crippen LogP contribution in [-0.4, -0.2) is 53.3 Å². The van der Waals surface area contributed by atoms with E-state index < -0.39 is 11.7 Å². The van der Waals surface area contributed by atoms with Crippen molar-refractivity contribution >= 4 is 17.3 Å². The summed E-state index contributed by atoms with van der Waals surface area (Å²) < 4.78 is 40.6. The first-order valence-corrected chi connectivity index (χ1v) is 10.8. The van der Waals surface area contributed by atoms with Crippen molar-refractivity contribution in [3.05, 3.63) is 71.5 Å². The Balaban J connectivity index is 1.35. The number of carbonyl (C=O) groups excluding carboxylic acids is 1. The third-order valence-corrected chi connectivity index (χ3v) is 5.78. The molecule has 174 valence electrons. The number of anilines is 2. The molecule has 0 atom stereocenters. The molecule has 0 unspecified atom stereocenters. The number of rotatable bonds is 5. The smallest absolute Gasteiger partial charge is 0.366 e. The Hall–Kier alpha value is -3.33. The number of aryl methyl sites for hydroxylation is 1. The number of halogens is 3. The predicted molar refractivity (Wildman–Crippen MR) is 122 cm³/mol. The fourth-order valence-electron chi connectivity index (χ4n) is 4.22. The third kappa shape index (κ3) is 5.19. The van der Waals surface area contributed by atoms with Crippen LogP contribution in [0.5, 0.6) is 0 Å². The van der Waals surface area contributed by atoms with E-state index in [-0.39, 0.29) is 18.1 Å². The fourth-order valence-corrected chi connectivity index (χ4v) is 4.22. The molecule has 0 spiro atoms. The molecule has 2 aromatic carbocycles. The van der Waals surface area contributed by atoms with E-state index in [2.05, 4.69) is 17.1 Å². The molecule has 0 radical (unpaired) electrons. The lowest BCUT2D eigenvalue weighted by molar-refractivity contribution is -0.137. The largest absolute Gasteiger partial charge is 0.416 e. The van der Waals surface area contributed by atoms with Gasteiger partial charge in [0.2, 0.25) is 5.91 Å². The first kappa shape index (κ1) is 22.8. The number of piperazine rings is 1. The summed E-state index contributed by atoms with van der Waals surface area (Å²) in [6, 6.07) is 14.7. The second-order valence-electron chi connectivity index (χ2n) is 8.16. The molecule has 1 N–H and O–H groups in total. The molecule has 1 amide bonds. The quantitative estimate of drug-likeness (QED) is 0.622. The van der Waals surface area contributed by atoms with Gasteiger partial charge in [-0.1, -0.05) is 24.3 Å². The minimum atomic E-state index is -4.44. The summed E-state index contributed by atoms with van der Waals surface area (Å²) in [5, 5.41) is 7.29. The van der Waals surface area contributed by atoms with Crippen LogP contribution in [0.25, 0.3) is 5.69 Å². The summed E-state index contributed by atoms with van der Waals surface area (Å²) in [5.41, 5.74) is 3.49. The highest BCUT2D eigenvalue weighted by atomic mass is 19.4. The Morgan fingerprint density at radius 2 is 1.70 bits per heavy atom. The number of amides is 1. The molecule has 1 saturated heterocycles. The van der Waals surface area contributed by atoms with Crippen molar-refractivity contribution in [2.24, 2.45) is 0 Å². The van der Waals surface area contributed by atoms with Crippen LogP contribution >= 0.6 is 0 Å². The molecule has 3 aromatic rings. The number of alkyl halides is 3. The molecule has 0 aliphatic carbocycles. The Bertz CT molecular complexity index is 1120. The first-order chi connectivity index (χ1) is 15.7. The fraction of sp³-hybridized carbons (Fsp3) is 0.333. The van der Waals surface area contributed by atoms with Gasteiger partial charge < -0.3 is 10.2 Å². The average Bonchev–Trinajstić information content (AvgIpc) is 3.08. The van der Waals surface area contributed by atoms with E-state index in [1.165, 1.54) is 12.1 Å². The standard InChI is InChI=1S/C24H26F3N5O/c1-17-23(18(2)32(29-17)21-9-4-3-5-10-21)31-13-11-30(12-14-31)16-22(33)28-20-8-6-7-19(15-20)24(25,26)27/h3-10,15H,11-14,16H2,1-2H3,(H,28,33). The zero-order valence-corrected chi connectivity index (χ0v) is 18.6. The van der Waals surface area contributed by atoms with E-state index >= 15 is 0 Å². The number of hydrogen-bond acceptors (Lipinski definition) is 4. The Morgan fingerprint density at radius 1 is 1.00 bits per heavy atom. The summed E-state index contributed by atoms with van der Waals surface area (Å²) >= 11 is 0. The van der Waals surface area contributed by atoms with Crippen molar-refractivity contribution in [1.29, 1.82) is 0 Å². The van der Waals surface area contributed by atoms with Gasteiger partial charge in [-0.2, -0.15) is 18.3 Å². The summed E-state index contributed by atoms with van der Waals surface area (Å²) in [5.74, 6) is -0.327. The minimum Gasteiger partial charge on any atom is -0.366 e. The van der Waals surface area contributed by atoms with Crippen LogP contribution in [-0.2, 0) is 11.0 Å². The van der Waals surface area contributed by atoms with Gasteiger partial charge >= 0.3 is 6.18 Å². The van der Waals surface area contributed by atoms with Crippen LogP contribution in [0, 0.1) is 13.8 Å². The maximum absolute atomic E-state index is 12.9. The summed E-state index contributed by atoms with van der Waals surface area (Å²) in [6.45, 7) is 6.99. The molecule has 1 fully saturated rings. The van der Waals surface area contributed by atoms with E-state index in [9.17, 15) is 18.0 Å². The van der Waals surface area contributed by atoms with Gasteiger partial charge in [0.1, 0.15) is 0 Å². The molecule has 6 nitrogen and oxygen atoms in total. The van der Waals surface area contributed by atoms with Crippen molar-refractivity contribution in [2.75, 3.05) is 42.9 Å². The van der Waals surface area contributed by atoms with Gasteiger partial charge in [-0.15, -0.1) is 0 Å². The lowest BCUT2D eigenvalue weighted by Crippen LogP contribution is -2.49. The number of nitrogens with zero attached hydrogens (tertiary/aromatic N) is 4. The molecule has 1 aromatic heterocycles. The molecular formula is C24H26F3N5O. The SMILES string of the molecule is Cc1nn(-c2ccccc2)c(C)c1N1CCN(CC(=O)Nc2cccc(C(F)(F)F)c2)CC1. The molecule has 0 bridgehead atoms. The van der Waals surface area contributed by atoms with Gasteiger partial charge in [0, 0.05) is 31.9 Å². The topological polar surface area (TPSA) is 53.4 Å². The van der Waals surface area contributed by atoms with Crippen molar-refractivity contribution in [3.8, 4) is 5.69 Å². The minimum absolute atomic E-state index is 0.130. The predicted octanol–water partition coefficient (Wildman–Crippen LogP) is 4.27. The highest BCUT2D eigenvalue weighted by Crippen LogP contribution is 2.31. The number of carbonyl (C=O) groups is 1. The number of aromatic nitrogens is 2. The summed E-state index contributed by atoms with van der Waals surface area (Å²) in [7, 11) is 0. The maximum Gasteiger partial charge on any atom is 0.416 e. The van der Waals surface area contributed by atoms with Gasteiger partial charge in [-0.05, 0) is 44.2 Å². The molecule has 9 heteroatoms. The third-order valence-electron chi connectivity index (χ3n) is 5.78. The van der Waals surface area contributed by atoms with Gasteiger partial charge in [-0.25, -0.2) is 4.68 Å². The Morgan fingerprint density at radius 3 is 2.36 bits per heavy atom. The summed E-state index contributed by atoms with van der Waals surface area (Å²) in [6.07, 6.45) is -4.44. The zero-order chi connectivity index (χ0) is 23.6. The second-order valence-corrected chi connectivity index (χ2v) is 8.16. The Kier molecular flexibility index (Phi) is 6.42. The van der Waals surface area contributed by atoms with E-state index in [0.29, 0.717) is 13.1 Å². The van der Waals surface area contributed by atoms with Crippen molar-refractivity contribution in [3.63, 3.8) is 0 Å². The van der Waals surface area contributed by atoms with Crippen LogP contribution in [0.3, 0.4) is 0 Å². The van der Waals surface area contributed by atoms with Crippen LogP contribution in [0.4, 0.5) is 24.5 Å². The molecule has 0 saturated carbocycles. The molecule has 33 heavy (non-hydrogen) atoms. The lowest BCUT2D eigenvalue weighted by Gasteiger charge is -2.35. The van der Waals surface area contributed by atoms with Gasteiger partial charge in [0.25, 0.3) is 0 Å². The highest BCUT2D eigenvalue weighted by molar-refractivity contribution is 5.92. The number of benzene rings is 2. The first-order valence-electron chi connectivity index (χ1n) is 10.8. The second kappa shape index (κ2) is 9.27.